The van der Waals surface area contributed by atoms with Crippen molar-refractivity contribution in [1.82, 2.24) is 0 Å². The van der Waals surface area contributed by atoms with Crippen LogP contribution in [0.1, 0.15) is 15.9 Å². The molecule has 1 aliphatic rings. The summed E-state index contributed by atoms with van der Waals surface area (Å²) in [6.45, 7) is 0.858. The summed E-state index contributed by atoms with van der Waals surface area (Å²) in [4.78, 5) is 12.6. The molecule has 1 heterocycles. The summed E-state index contributed by atoms with van der Waals surface area (Å²) in [6, 6.07) is 15.3. The van der Waals surface area contributed by atoms with Gasteiger partial charge < -0.3 is 19.5 Å². The van der Waals surface area contributed by atoms with Gasteiger partial charge in [-0.2, -0.15) is 5.26 Å². The number of hydrogen-bond acceptors (Lipinski definition) is 5. The number of carbonyl (C=O) groups excluding carboxylic acids is 1. The minimum Gasteiger partial charge on any atom is -0.486 e. The second kappa shape index (κ2) is 8.31. The largest absolute Gasteiger partial charge is 0.486 e. The maximum Gasteiger partial charge on any atom is 0.255 e. The number of amides is 1. The molecule has 1 aliphatic heterocycles. The lowest BCUT2D eigenvalue weighted by Gasteiger charge is -2.20. The zero-order valence-corrected chi connectivity index (χ0v) is 16.2. The molecule has 8 heteroatoms. The van der Waals surface area contributed by atoms with Crippen LogP contribution in [0.25, 0.3) is 0 Å². The summed E-state index contributed by atoms with van der Waals surface area (Å²) in [5.41, 5.74) is 0.560. The Morgan fingerprint density at radius 1 is 1.10 bits per heavy atom. The molecule has 0 fully saturated rings. The fourth-order valence-corrected chi connectivity index (χ4v) is 3.05. The number of ether oxygens (including phenoxy) is 3. The van der Waals surface area contributed by atoms with E-state index in [9.17, 15) is 9.18 Å². The van der Waals surface area contributed by atoms with Crippen LogP contribution in [0.5, 0.6) is 23.0 Å². The number of rotatable bonds is 4. The predicted octanol–water partition coefficient (Wildman–Crippen LogP) is 5.17. The molecule has 0 atom stereocenters. The average Bonchev–Trinajstić information content (AvgIpc) is 2.75. The van der Waals surface area contributed by atoms with Crippen molar-refractivity contribution in [1.29, 1.82) is 5.26 Å². The first-order valence-electron chi connectivity index (χ1n) is 8.92. The van der Waals surface area contributed by atoms with Crippen molar-refractivity contribution < 1.29 is 23.4 Å². The number of anilines is 1. The fraction of sp³-hybridized carbons (Fsp3) is 0.0909. The summed E-state index contributed by atoms with van der Waals surface area (Å²) in [5.74, 6) is 0.433. The van der Waals surface area contributed by atoms with Crippen LogP contribution in [0.15, 0.2) is 54.6 Å². The number of halogens is 2. The number of hydrogen-bond donors (Lipinski definition) is 1. The van der Waals surface area contributed by atoms with E-state index in [1.165, 1.54) is 18.2 Å². The van der Waals surface area contributed by atoms with Crippen molar-refractivity contribution in [2.75, 3.05) is 18.5 Å². The smallest absolute Gasteiger partial charge is 0.255 e. The third-order valence-electron chi connectivity index (χ3n) is 4.31. The molecular weight excluding hydrogens is 411 g/mol. The molecule has 0 aliphatic carbocycles. The Balaban J connectivity index is 1.49. The third kappa shape index (κ3) is 4.00. The van der Waals surface area contributed by atoms with Gasteiger partial charge in [0.1, 0.15) is 42.2 Å². The van der Waals surface area contributed by atoms with E-state index in [2.05, 4.69) is 5.32 Å². The van der Waals surface area contributed by atoms with Gasteiger partial charge in [0, 0.05) is 17.7 Å². The molecule has 150 valence electrons. The summed E-state index contributed by atoms with van der Waals surface area (Å²) in [6.07, 6.45) is 0. The van der Waals surface area contributed by atoms with E-state index in [0.717, 1.165) is 0 Å². The van der Waals surface area contributed by atoms with E-state index < -0.39 is 5.82 Å². The van der Waals surface area contributed by atoms with Gasteiger partial charge in [-0.25, -0.2) is 4.39 Å². The zero-order chi connectivity index (χ0) is 21.1. The highest BCUT2D eigenvalue weighted by molar-refractivity contribution is 6.34. The van der Waals surface area contributed by atoms with Crippen LogP contribution in [0.4, 0.5) is 10.1 Å². The molecule has 6 nitrogen and oxygen atoms in total. The number of fused-ring (bicyclic) bond motifs is 1. The first kappa shape index (κ1) is 19.6. The van der Waals surface area contributed by atoms with Gasteiger partial charge >= 0.3 is 0 Å². The molecule has 0 spiro atoms. The van der Waals surface area contributed by atoms with E-state index in [1.807, 2.05) is 0 Å². The molecule has 0 bridgehead atoms. The monoisotopic (exact) mass is 424 g/mol. The van der Waals surface area contributed by atoms with Crippen molar-refractivity contribution in [3.05, 3.63) is 76.6 Å². The van der Waals surface area contributed by atoms with Gasteiger partial charge in [-0.1, -0.05) is 17.7 Å². The topological polar surface area (TPSA) is 80.6 Å². The standard InChI is InChI=1S/C22H14ClFN2O4/c23-16-10-20-21(29-9-8-28-20)11-18(16)26-22(27)13-4-6-14(7-5-13)30-19-3-1-2-17(24)15(19)12-25/h1-7,10-11H,8-9H2,(H,26,27). The Morgan fingerprint density at radius 2 is 1.80 bits per heavy atom. The maximum atomic E-state index is 13.7. The lowest BCUT2D eigenvalue weighted by molar-refractivity contribution is 0.102. The van der Waals surface area contributed by atoms with Crippen LogP contribution >= 0.6 is 11.6 Å². The van der Waals surface area contributed by atoms with E-state index in [-0.39, 0.29) is 17.2 Å². The van der Waals surface area contributed by atoms with E-state index in [0.29, 0.717) is 46.7 Å². The minimum atomic E-state index is -0.665. The van der Waals surface area contributed by atoms with Gasteiger partial charge in [0.2, 0.25) is 0 Å². The van der Waals surface area contributed by atoms with Crippen LogP contribution in [0.3, 0.4) is 0 Å². The highest BCUT2D eigenvalue weighted by Gasteiger charge is 2.17. The lowest BCUT2D eigenvalue weighted by Crippen LogP contribution is -2.16. The molecule has 1 amide bonds. The number of nitrogens with one attached hydrogen (secondary N) is 1. The van der Waals surface area contributed by atoms with Gasteiger partial charge in [-0.3, -0.25) is 4.79 Å². The Morgan fingerprint density at radius 3 is 2.50 bits per heavy atom. The van der Waals surface area contributed by atoms with Crippen molar-refractivity contribution in [3.63, 3.8) is 0 Å². The summed E-state index contributed by atoms with van der Waals surface area (Å²) in [5, 5.41) is 12.1. The Hall–Kier alpha value is -3.76. The average molecular weight is 425 g/mol. The normalized spacial score (nSPS) is 12.0. The number of nitriles is 1. The van der Waals surface area contributed by atoms with Gasteiger partial charge in [-0.15, -0.1) is 0 Å². The quantitative estimate of drug-likeness (QED) is 0.625. The van der Waals surface area contributed by atoms with Gasteiger partial charge in [0.25, 0.3) is 5.91 Å². The Kier molecular flexibility index (Phi) is 5.42. The molecule has 30 heavy (non-hydrogen) atoms. The van der Waals surface area contributed by atoms with Gasteiger partial charge in [0.15, 0.2) is 11.5 Å². The van der Waals surface area contributed by atoms with Gasteiger partial charge in [0.05, 0.1) is 10.7 Å². The van der Waals surface area contributed by atoms with E-state index in [4.69, 9.17) is 31.1 Å². The molecule has 0 aromatic heterocycles. The predicted molar refractivity (Wildman–Crippen MR) is 108 cm³/mol. The van der Waals surface area contributed by atoms with E-state index >= 15 is 0 Å². The van der Waals surface area contributed by atoms with Crippen LogP contribution in [-0.2, 0) is 0 Å². The lowest BCUT2D eigenvalue weighted by atomic mass is 10.2. The molecule has 0 saturated carbocycles. The maximum absolute atomic E-state index is 13.7. The van der Waals surface area contributed by atoms with Crippen molar-refractivity contribution in [2.45, 2.75) is 0 Å². The molecule has 0 radical (unpaired) electrons. The molecular formula is C22H14ClFN2O4. The first-order valence-corrected chi connectivity index (χ1v) is 9.30. The number of benzene rings is 3. The van der Waals surface area contributed by atoms with Crippen molar-refractivity contribution >= 4 is 23.2 Å². The molecule has 3 aromatic rings. The SMILES string of the molecule is N#Cc1c(F)cccc1Oc1ccc(C(=O)Nc2cc3c(cc2Cl)OCCO3)cc1. The Bertz CT molecular complexity index is 1160. The molecule has 3 aromatic carbocycles. The second-order valence-electron chi connectivity index (χ2n) is 6.28. The van der Waals surface area contributed by atoms with Crippen LogP contribution < -0.4 is 19.5 Å². The first-order chi connectivity index (χ1) is 14.5. The van der Waals surface area contributed by atoms with Crippen LogP contribution in [0, 0.1) is 17.1 Å². The summed E-state index contributed by atoms with van der Waals surface area (Å²) in [7, 11) is 0. The van der Waals surface area contributed by atoms with Crippen LogP contribution in [0.2, 0.25) is 5.02 Å². The summed E-state index contributed by atoms with van der Waals surface area (Å²) >= 11 is 6.22. The number of nitrogens with zero attached hydrogens (tertiary/aromatic N) is 1. The Labute approximate surface area is 176 Å². The molecule has 1 N–H and O–H groups in total. The summed E-state index contributed by atoms with van der Waals surface area (Å²) < 4.78 is 30.2. The van der Waals surface area contributed by atoms with Gasteiger partial charge in [-0.05, 0) is 36.4 Å². The van der Waals surface area contributed by atoms with Crippen molar-refractivity contribution in [3.8, 4) is 29.1 Å². The highest BCUT2D eigenvalue weighted by Crippen LogP contribution is 2.38. The second-order valence-corrected chi connectivity index (χ2v) is 6.69. The molecule has 0 unspecified atom stereocenters. The zero-order valence-electron chi connectivity index (χ0n) is 15.4. The third-order valence-corrected chi connectivity index (χ3v) is 4.62. The van der Waals surface area contributed by atoms with Crippen molar-refractivity contribution in [2.24, 2.45) is 0 Å². The number of carbonyl (C=O) groups is 1. The minimum absolute atomic E-state index is 0.0951. The molecule has 4 rings (SSSR count). The van der Waals surface area contributed by atoms with Crippen LogP contribution in [-0.4, -0.2) is 19.1 Å². The van der Waals surface area contributed by atoms with E-state index in [1.54, 1.807) is 42.5 Å². The fourth-order valence-electron chi connectivity index (χ4n) is 2.85. The molecule has 0 saturated heterocycles. The highest BCUT2D eigenvalue weighted by atomic mass is 35.5.